The zero-order valence-corrected chi connectivity index (χ0v) is 19.8. The quantitative estimate of drug-likeness (QED) is 0.522. The van der Waals surface area contributed by atoms with Gasteiger partial charge in [0.15, 0.2) is 0 Å². The predicted octanol–water partition coefficient (Wildman–Crippen LogP) is 1.88. The first-order valence-electron chi connectivity index (χ1n) is 10.2. The first-order valence-corrected chi connectivity index (χ1v) is 10.2. The third-order valence-corrected chi connectivity index (χ3v) is 3.87. The maximum atomic E-state index is 12.9. The molecular weight excluding hydrogens is 404 g/mol. The van der Waals surface area contributed by atoms with Gasteiger partial charge in [-0.25, -0.2) is 4.79 Å². The Labute approximate surface area is 184 Å². The minimum absolute atomic E-state index is 0.0262. The lowest BCUT2D eigenvalue weighted by Gasteiger charge is -2.30. The van der Waals surface area contributed by atoms with Gasteiger partial charge >= 0.3 is 12.1 Å². The van der Waals surface area contributed by atoms with Gasteiger partial charge in [-0.2, -0.15) is 5.26 Å². The van der Waals surface area contributed by atoms with E-state index in [1.807, 2.05) is 6.07 Å². The Bertz CT molecular complexity index is 687. The normalized spacial score (nSPS) is 13.3. The van der Waals surface area contributed by atoms with Crippen molar-refractivity contribution in [3.05, 3.63) is 0 Å². The highest BCUT2D eigenvalue weighted by molar-refractivity contribution is 5.92. The molecule has 0 radical (unpaired) electrons. The number of nitrogens with one attached hydrogen (secondary N) is 2. The van der Waals surface area contributed by atoms with Crippen molar-refractivity contribution >= 4 is 23.9 Å². The maximum absolute atomic E-state index is 12.9. The molecule has 0 saturated heterocycles. The van der Waals surface area contributed by atoms with Gasteiger partial charge in [0.1, 0.15) is 29.8 Å². The first kappa shape index (κ1) is 28.2. The van der Waals surface area contributed by atoms with Gasteiger partial charge in [-0.05, 0) is 54.4 Å². The molecule has 3 amide bonds. The fraction of sp³-hybridized carbons (Fsp3) is 0.762. The van der Waals surface area contributed by atoms with Crippen molar-refractivity contribution in [1.82, 2.24) is 15.5 Å². The van der Waals surface area contributed by atoms with Crippen molar-refractivity contribution in [2.24, 2.45) is 0 Å². The minimum Gasteiger partial charge on any atom is -0.459 e. The SMILES string of the molecule is CC[C@@H](NC(=O)OC(C)(C)C)C(=O)N(C)[C@@H](CCC#N)C(=O)NCC(=O)OC(C)(C)C. The minimum atomic E-state index is -0.996. The maximum Gasteiger partial charge on any atom is 0.408 e. The number of amides is 3. The van der Waals surface area contributed by atoms with E-state index >= 15 is 0 Å². The van der Waals surface area contributed by atoms with Gasteiger partial charge in [0.2, 0.25) is 11.8 Å². The van der Waals surface area contributed by atoms with Crippen LogP contribution in [-0.2, 0) is 23.9 Å². The van der Waals surface area contributed by atoms with E-state index < -0.39 is 47.2 Å². The van der Waals surface area contributed by atoms with Crippen molar-refractivity contribution < 1.29 is 28.7 Å². The number of carbonyl (C=O) groups excluding carboxylic acids is 4. The van der Waals surface area contributed by atoms with Crippen LogP contribution in [0.1, 0.15) is 67.7 Å². The van der Waals surface area contributed by atoms with Crippen molar-refractivity contribution in [2.75, 3.05) is 13.6 Å². The van der Waals surface area contributed by atoms with Gasteiger partial charge in [-0.1, -0.05) is 6.92 Å². The number of ether oxygens (including phenoxy) is 2. The molecule has 0 spiro atoms. The molecule has 10 heteroatoms. The molecule has 2 N–H and O–H groups in total. The number of alkyl carbamates (subject to hydrolysis) is 1. The standard InChI is InChI=1S/C21H36N4O6/c1-9-14(24-19(29)31-21(5,6)7)18(28)25(8)15(11-10-12-22)17(27)23-13-16(26)30-20(2,3)4/h14-15H,9-11,13H2,1-8H3,(H,23,27)(H,24,29)/t14-,15+/m1/s1. The number of carbonyl (C=O) groups is 4. The number of nitrogens with zero attached hydrogens (tertiary/aromatic N) is 2. The second-order valence-electron chi connectivity index (χ2n) is 9.07. The average molecular weight is 441 g/mol. The predicted molar refractivity (Wildman–Crippen MR) is 114 cm³/mol. The summed E-state index contributed by atoms with van der Waals surface area (Å²) < 4.78 is 10.3. The van der Waals surface area contributed by atoms with Gasteiger partial charge < -0.3 is 25.0 Å². The van der Waals surface area contributed by atoms with Gasteiger partial charge in [0.05, 0.1) is 6.07 Å². The monoisotopic (exact) mass is 440 g/mol. The Morgan fingerprint density at radius 2 is 1.58 bits per heavy atom. The number of nitriles is 1. The van der Waals surface area contributed by atoms with E-state index in [9.17, 15) is 19.2 Å². The van der Waals surface area contributed by atoms with Crippen LogP contribution in [0.4, 0.5) is 4.79 Å². The molecule has 0 heterocycles. The van der Waals surface area contributed by atoms with Gasteiger partial charge in [-0.3, -0.25) is 14.4 Å². The number of rotatable bonds is 9. The highest BCUT2D eigenvalue weighted by Crippen LogP contribution is 2.12. The summed E-state index contributed by atoms with van der Waals surface area (Å²) in [7, 11) is 1.41. The molecule has 2 atom stereocenters. The summed E-state index contributed by atoms with van der Waals surface area (Å²) in [6.45, 7) is 11.6. The molecule has 0 aliphatic carbocycles. The summed E-state index contributed by atoms with van der Waals surface area (Å²) in [5, 5.41) is 13.9. The van der Waals surface area contributed by atoms with Crippen molar-refractivity contribution in [1.29, 1.82) is 5.26 Å². The molecule has 0 saturated carbocycles. The van der Waals surface area contributed by atoms with Crippen molar-refractivity contribution in [3.8, 4) is 6.07 Å². The zero-order chi connectivity index (χ0) is 24.4. The molecule has 0 aliphatic heterocycles. The summed E-state index contributed by atoms with van der Waals surface area (Å²) >= 11 is 0. The number of likely N-dealkylation sites (N-methyl/N-ethyl adjacent to an activating group) is 1. The van der Waals surface area contributed by atoms with Crippen molar-refractivity contribution in [2.45, 2.75) is 91.0 Å². The van der Waals surface area contributed by atoms with Gasteiger partial charge in [-0.15, -0.1) is 0 Å². The van der Waals surface area contributed by atoms with Crippen LogP contribution in [0.25, 0.3) is 0 Å². The van der Waals surface area contributed by atoms with E-state index in [2.05, 4.69) is 10.6 Å². The summed E-state index contributed by atoms with van der Waals surface area (Å²) in [5.41, 5.74) is -1.43. The highest BCUT2D eigenvalue weighted by atomic mass is 16.6. The van der Waals surface area contributed by atoms with Crippen LogP contribution in [-0.4, -0.2) is 65.7 Å². The Hall–Kier alpha value is -2.83. The number of hydrogen-bond acceptors (Lipinski definition) is 7. The fourth-order valence-electron chi connectivity index (χ4n) is 2.54. The van der Waals surface area contributed by atoms with E-state index in [1.54, 1.807) is 48.5 Å². The Morgan fingerprint density at radius 3 is 2.03 bits per heavy atom. The topological polar surface area (TPSA) is 138 Å². The Kier molecular flexibility index (Phi) is 11.0. The first-order chi connectivity index (χ1) is 14.1. The molecule has 0 aromatic heterocycles. The van der Waals surface area contributed by atoms with E-state index in [0.29, 0.717) is 0 Å². The Balaban J connectivity index is 5.22. The second-order valence-corrected chi connectivity index (χ2v) is 9.07. The van der Waals surface area contributed by atoms with E-state index in [4.69, 9.17) is 14.7 Å². The van der Waals surface area contributed by atoms with Gasteiger partial charge in [0, 0.05) is 13.5 Å². The van der Waals surface area contributed by atoms with Gasteiger partial charge in [0.25, 0.3) is 0 Å². The fourth-order valence-corrected chi connectivity index (χ4v) is 2.54. The second kappa shape index (κ2) is 12.1. The zero-order valence-electron chi connectivity index (χ0n) is 19.8. The van der Waals surface area contributed by atoms with Crippen LogP contribution in [0.15, 0.2) is 0 Å². The summed E-state index contributed by atoms with van der Waals surface area (Å²) in [6.07, 6.45) is -0.378. The number of esters is 1. The van der Waals surface area contributed by atoms with Crippen LogP contribution in [0.3, 0.4) is 0 Å². The molecule has 0 bridgehead atoms. The molecule has 176 valence electrons. The van der Waals surface area contributed by atoms with E-state index in [1.165, 1.54) is 11.9 Å². The van der Waals surface area contributed by atoms with Crippen LogP contribution in [0.2, 0.25) is 0 Å². The van der Waals surface area contributed by atoms with Crippen LogP contribution in [0, 0.1) is 11.3 Å². The van der Waals surface area contributed by atoms with Crippen LogP contribution < -0.4 is 10.6 Å². The summed E-state index contributed by atoms with van der Waals surface area (Å²) in [4.78, 5) is 50.6. The molecule has 10 nitrogen and oxygen atoms in total. The molecule has 0 aromatic carbocycles. The number of hydrogen-bond donors (Lipinski definition) is 2. The molecule has 0 aromatic rings. The molecule has 0 fully saturated rings. The smallest absolute Gasteiger partial charge is 0.408 e. The summed E-state index contributed by atoms with van der Waals surface area (Å²) in [6, 6.07) is 0.0346. The molecule has 31 heavy (non-hydrogen) atoms. The van der Waals surface area contributed by atoms with E-state index in [0.717, 1.165) is 0 Å². The lowest BCUT2D eigenvalue weighted by molar-refractivity contribution is -0.154. The lowest BCUT2D eigenvalue weighted by Crippen LogP contribution is -2.55. The third-order valence-electron chi connectivity index (χ3n) is 3.87. The molecular formula is C21H36N4O6. The van der Waals surface area contributed by atoms with Crippen LogP contribution in [0.5, 0.6) is 0 Å². The molecule has 0 rings (SSSR count). The largest absolute Gasteiger partial charge is 0.459 e. The van der Waals surface area contributed by atoms with Crippen molar-refractivity contribution in [3.63, 3.8) is 0 Å². The molecule has 0 aliphatic rings. The van der Waals surface area contributed by atoms with E-state index in [-0.39, 0.29) is 25.8 Å². The Morgan fingerprint density at radius 1 is 1.03 bits per heavy atom. The average Bonchev–Trinajstić information content (AvgIpc) is 2.61. The summed E-state index contributed by atoms with van der Waals surface area (Å²) in [5.74, 6) is -1.72. The molecule has 0 unspecified atom stereocenters. The lowest BCUT2D eigenvalue weighted by atomic mass is 10.1. The third kappa shape index (κ3) is 11.8. The highest BCUT2D eigenvalue weighted by Gasteiger charge is 2.32. The van der Waals surface area contributed by atoms with Crippen LogP contribution >= 0.6 is 0 Å².